The average Bonchev–Trinajstić information content (AvgIpc) is 2.99. The summed E-state index contributed by atoms with van der Waals surface area (Å²) in [5.41, 5.74) is -0.317. The normalized spacial score (nSPS) is 31.7. The maximum absolute atomic E-state index is 13.8. The molecule has 0 aliphatic carbocycles. The van der Waals surface area contributed by atoms with Crippen LogP contribution in [0.5, 0.6) is 23.0 Å². The summed E-state index contributed by atoms with van der Waals surface area (Å²) in [5, 5.41) is 61.4. The standard InChI is InChI=1S/C27H32O15/c1-35-10-4-13(37-3)18-14(5-10)40-15-6-11(36-2)7-16(19(15)22(18)31)41-27-25(34)23(32)21(30)17(42-27)9-39-26-24(33)20(29)12(28)8-38-26/h4-7,12,17,20-21,23-30,32-34H,8-9H2,1-3H3. The number of benzene rings is 2. The Morgan fingerprint density at radius 2 is 1.33 bits per heavy atom. The van der Waals surface area contributed by atoms with Gasteiger partial charge in [0.15, 0.2) is 6.29 Å². The van der Waals surface area contributed by atoms with Crippen LogP contribution < -0.4 is 24.4 Å². The van der Waals surface area contributed by atoms with Crippen molar-refractivity contribution in [3.8, 4) is 23.0 Å². The highest BCUT2D eigenvalue weighted by molar-refractivity contribution is 5.97. The maximum atomic E-state index is 13.8. The monoisotopic (exact) mass is 596 g/mol. The number of aliphatic hydroxyl groups excluding tert-OH is 6. The second-order valence-corrected chi connectivity index (χ2v) is 9.85. The molecule has 0 radical (unpaired) electrons. The Balaban J connectivity index is 1.47. The molecular weight excluding hydrogens is 564 g/mol. The van der Waals surface area contributed by atoms with Crippen molar-refractivity contribution in [1.29, 1.82) is 0 Å². The maximum Gasteiger partial charge on any atom is 0.229 e. The molecule has 0 saturated carbocycles. The first-order chi connectivity index (χ1) is 20.1. The van der Waals surface area contributed by atoms with Crippen LogP contribution >= 0.6 is 0 Å². The molecule has 9 unspecified atom stereocenters. The lowest BCUT2D eigenvalue weighted by molar-refractivity contribution is -0.307. The van der Waals surface area contributed by atoms with Crippen LogP contribution in [0.15, 0.2) is 33.5 Å². The SMILES string of the molecule is COc1cc(OC)c2c(=O)c3c(OC4OC(COC5OCC(O)C(O)C5O)C(O)C(O)C4O)cc(OC)cc3oc2c1. The fourth-order valence-electron chi connectivity index (χ4n) is 4.87. The molecule has 1 aromatic heterocycles. The molecule has 0 amide bonds. The van der Waals surface area contributed by atoms with E-state index in [9.17, 15) is 35.4 Å². The predicted molar refractivity (Wildman–Crippen MR) is 141 cm³/mol. The number of ether oxygens (including phenoxy) is 7. The molecule has 230 valence electrons. The van der Waals surface area contributed by atoms with Crippen LogP contribution in [0.1, 0.15) is 0 Å². The molecule has 2 saturated heterocycles. The molecule has 2 aliphatic heterocycles. The molecule has 6 N–H and O–H groups in total. The van der Waals surface area contributed by atoms with Gasteiger partial charge in [0.05, 0.1) is 34.5 Å². The van der Waals surface area contributed by atoms with Gasteiger partial charge in [0, 0.05) is 24.3 Å². The molecule has 3 aromatic rings. The summed E-state index contributed by atoms with van der Waals surface area (Å²) in [4.78, 5) is 13.8. The van der Waals surface area contributed by atoms with Crippen LogP contribution in [0.4, 0.5) is 0 Å². The zero-order chi connectivity index (χ0) is 30.3. The summed E-state index contributed by atoms with van der Waals surface area (Å²) < 4.78 is 44.2. The highest BCUT2D eigenvalue weighted by Crippen LogP contribution is 2.37. The third kappa shape index (κ3) is 5.46. The number of methoxy groups -OCH3 is 3. The lowest BCUT2D eigenvalue weighted by Crippen LogP contribution is -2.61. The minimum absolute atomic E-state index is 0.0535. The molecular formula is C27H32O15. The summed E-state index contributed by atoms with van der Waals surface area (Å²) in [6, 6.07) is 5.85. The van der Waals surface area contributed by atoms with Gasteiger partial charge in [0.1, 0.15) is 87.7 Å². The van der Waals surface area contributed by atoms with Crippen LogP contribution in [0.3, 0.4) is 0 Å². The first kappa shape index (κ1) is 30.2. The fourth-order valence-corrected chi connectivity index (χ4v) is 4.87. The Kier molecular flexibility index (Phi) is 8.75. The average molecular weight is 597 g/mol. The first-order valence-corrected chi connectivity index (χ1v) is 12.9. The summed E-state index contributed by atoms with van der Waals surface area (Å²) in [7, 11) is 4.21. The third-order valence-corrected chi connectivity index (χ3v) is 7.23. The highest BCUT2D eigenvalue weighted by Gasteiger charge is 2.46. The lowest BCUT2D eigenvalue weighted by atomic mass is 9.99. The van der Waals surface area contributed by atoms with Crippen LogP contribution in [0.25, 0.3) is 21.9 Å². The minimum Gasteiger partial charge on any atom is -0.496 e. The van der Waals surface area contributed by atoms with Gasteiger partial charge in [0.2, 0.25) is 11.7 Å². The Bertz CT molecular complexity index is 1470. The van der Waals surface area contributed by atoms with E-state index in [4.69, 9.17) is 37.6 Å². The van der Waals surface area contributed by atoms with Gasteiger partial charge < -0.3 is 68.2 Å². The number of hydrogen-bond donors (Lipinski definition) is 6. The van der Waals surface area contributed by atoms with Crippen molar-refractivity contribution in [2.45, 2.75) is 55.3 Å². The van der Waals surface area contributed by atoms with Crippen LogP contribution in [-0.4, -0.2) is 120 Å². The van der Waals surface area contributed by atoms with Crippen molar-refractivity contribution in [2.24, 2.45) is 0 Å². The summed E-state index contributed by atoms with van der Waals surface area (Å²) in [5.74, 6) is 0.659. The largest absolute Gasteiger partial charge is 0.496 e. The molecule has 15 nitrogen and oxygen atoms in total. The Morgan fingerprint density at radius 1 is 0.738 bits per heavy atom. The van der Waals surface area contributed by atoms with Crippen molar-refractivity contribution in [2.75, 3.05) is 34.5 Å². The van der Waals surface area contributed by atoms with Gasteiger partial charge in [-0.3, -0.25) is 4.79 Å². The summed E-state index contributed by atoms with van der Waals surface area (Å²) in [6.45, 7) is -0.804. The van der Waals surface area contributed by atoms with Gasteiger partial charge in [-0.15, -0.1) is 0 Å². The molecule has 2 aliphatic rings. The van der Waals surface area contributed by atoms with Gasteiger partial charge in [-0.1, -0.05) is 0 Å². The molecule has 0 spiro atoms. The van der Waals surface area contributed by atoms with E-state index in [1.807, 2.05) is 0 Å². The van der Waals surface area contributed by atoms with Gasteiger partial charge in [-0.25, -0.2) is 0 Å². The van der Waals surface area contributed by atoms with Crippen molar-refractivity contribution < 1.29 is 68.2 Å². The molecule has 42 heavy (non-hydrogen) atoms. The van der Waals surface area contributed by atoms with E-state index >= 15 is 0 Å². The number of fused-ring (bicyclic) bond motifs is 2. The molecule has 3 heterocycles. The molecule has 2 fully saturated rings. The van der Waals surface area contributed by atoms with E-state index in [-0.39, 0.29) is 45.8 Å². The number of aliphatic hydroxyl groups is 6. The van der Waals surface area contributed by atoms with Gasteiger partial charge in [-0.2, -0.15) is 0 Å². The quantitative estimate of drug-likeness (QED) is 0.165. The molecule has 9 atom stereocenters. The topological polar surface area (TPSA) is 216 Å². The molecule has 0 bridgehead atoms. The van der Waals surface area contributed by atoms with E-state index in [0.717, 1.165) is 0 Å². The van der Waals surface area contributed by atoms with Crippen LogP contribution in [-0.2, 0) is 14.2 Å². The molecule has 5 rings (SSSR count). The Morgan fingerprint density at radius 3 is 1.95 bits per heavy atom. The van der Waals surface area contributed by atoms with Crippen LogP contribution in [0, 0.1) is 0 Å². The third-order valence-electron chi connectivity index (χ3n) is 7.23. The zero-order valence-corrected chi connectivity index (χ0v) is 22.8. The molecule has 2 aromatic carbocycles. The van der Waals surface area contributed by atoms with Gasteiger partial charge in [-0.05, 0) is 0 Å². The first-order valence-electron chi connectivity index (χ1n) is 12.9. The summed E-state index contributed by atoms with van der Waals surface area (Å²) in [6.07, 6.45) is -14.0. The lowest BCUT2D eigenvalue weighted by Gasteiger charge is -2.41. The van der Waals surface area contributed by atoms with E-state index in [2.05, 4.69) is 0 Å². The van der Waals surface area contributed by atoms with E-state index in [1.54, 1.807) is 0 Å². The fraction of sp³-hybridized carbons (Fsp3) is 0.519. The second-order valence-electron chi connectivity index (χ2n) is 9.85. The number of hydrogen-bond acceptors (Lipinski definition) is 15. The number of rotatable bonds is 8. The van der Waals surface area contributed by atoms with Gasteiger partial charge in [0.25, 0.3) is 0 Å². The summed E-state index contributed by atoms with van der Waals surface area (Å²) >= 11 is 0. The van der Waals surface area contributed by atoms with Crippen molar-refractivity contribution in [3.63, 3.8) is 0 Å². The van der Waals surface area contributed by atoms with Crippen molar-refractivity contribution in [3.05, 3.63) is 34.5 Å². The van der Waals surface area contributed by atoms with Crippen molar-refractivity contribution in [1.82, 2.24) is 0 Å². The zero-order valence-electron chi connectivity index (χ0n) is 22.8. The second kappa shape index (κ2) is 12.2. The van der Waals surface area contributed by atoms with E-state index in [0.29, 0.717) is 5.75 Å². The van der Waals surface area contributed by atoms with E-state index < -0.39 is 67.3 Å². The highest BCUT2D eigenvalue weighted by atomic mass is 16.7. The van der Waals surface area contributed by atoms with E-state index in [1.165, 1.54) is 45.6 Å². The Labute approximate surface area is 237 Å². The predicted octanol–water partition coefficient (Wildman–Crippen LogP) is -1.39. The van der Waals surface area contributed by atoms with Crippen LogP contribution in [0.2, 0.25) is 0 Å². The smallest absolute Gasteiger partial charge is 0.229 e. The minimum atomic E-state index is -1.78. The van der Waals surface area contributed by atoms with Gasteiger partial charge >= 0.3 is 0 Å². The Hall–Kier alpha value is -3.25. The van der Waals surface area contributed by atoms with Crippen molar-refractivity contribution >= 4 is 21.9 Å². The molecule has 15 heteroatoms.